The molecule has 0 aliphatic rings. The molecule has 0 unspecified atom stereocenters. The molecule has 0 atom stereocenters. The standard InChI is InChI=1S/C18H24N2O2/c1-3-5-6-18-19-16-12-14(7-9-15(22)13-21)8-10-17(16)20(18)11-4-2/h7-10,12,21H,3-6,11,13H2,1-2H3/b9-7+. The van der Waals surface area contributed by atoms with Crippen molar-refractivity contribution < 1.29 is 9.90 Å². The van der Waals surface area contributed by atoms with Gasteiger partial charge in [-0.25, -0.2) is 4.98 Å². The molecule has 1 heterocycles. The summed E-state index contributed by atoms with van der Waals surface area (Å²) in [6.45, 7) is 4.89. The third-order valence-electron chi connectivity index (χ3n) is 3.67. The number of carbonyl (C=O) groups excluding carboxylic acids is 1. The fourth-order valence-electron chi connectivity index (χ4n) is 2.54. The molecule has 0 radical (unpaired) electrons. The second-order valence-corrected chi connectivity index (χ2v) is 5.49. The predicted octanol–water partition coefficient (Wildman–Crippen LogP) is 3.36. The Balaban J connectivity index is 2.36. The molecule has 0 fully saturated rings. The normalized spacial score (nSPS) is 11.6. The van der Waals surface area contributed by atoms with Crippen LogP contribution < -0.4 is 0 Å². The lowest BCUT2D eigenvalue weighted by Gasteiger charge is -2.07. The Labute approximate surface area is 131 Å². The number of hydrogen-bond acceptors (Lipinski definition) is 3. The van der Waals surface area contributed by atoms with Crippen molar-refractivity contribution in [3.8, 4) is 0 Å². The molecule has 1 aromatic heterocycles. The summed E-state index contributed by atoms with van der Waals surface area (Å²) in [6.07, 6.45) is 7.51. The molecule has 0 saturated heterocycles. The van der Waals surface area contributed by atoms with Crippen LogP contribution in [0.5, 0.6) is 0 Å². The van der Waals surface area contributed by atoms with E-state index in [1.54, 1.807) is 6.08 Å². The van der Waals surface area contributed by atoms with Crippen LogP contribution in [0.1, 0.15) is 44.5 Å². The summed E-state index contributed by atoms with van der Waals surface area (Å²) in [6, 6.07) is 6.05. The van der Waals surface area contributed by atoms with Gasteiger partial charge in [0, 0.05) is 13.0 Å². The van der Waals surface area contributed by atoms with E-state index in [4.69, 9.17) is 10.1 Å². The number of aryl methyl sites for hydroxylation is 2. The van der Waals surface area contributed by atoms with E-state index in [-0.39, 0.29) is 5.78 Å². The van der Waals surface area contributed by atoms with E-state index < -0.39 is 6.61 Å². The minimum absolute atomic E-state index is 0.291. The first-order valence-electron chi connectivity index (χ1n) is 8.00. The van der Waals surface area contributed by atoms with Gasteiger partial charge in [0.25, 0.3) is 0 Å². The fourth-order valence-corrected chi connectivity index (χ4v) is 2.54. The Bertz CT molecular complexity index is 671. The van der Waals surface area contributed by atoms with Gasteiger partial charge >= 0.3 is 0 Å². The van der Waals surface area contributed by atoms with E-state index in [9.17, 15) is 4.79 Å². The number of rotatable bonds is 8. The van der Waals surface area contributed by atoms with Crippen molar-refractivity contribution in [3.05, 3.63) is 35.7 Å². The maximum atomic E-state index is 11.2. The first-order valence-corrected chi connectivity index (χ1v) is 8.00. The fraction of sp³-hybridized carbons (Fsp3) is 0.444. The molecule has 2 aromatic rings. The van der Waals surface area contributed by atoms with Crippen LogP contribution in [0.4, 0.5) is 0 Å². The van der Waals surface area contributed by atoms with Gasteiger partial charge in [0.05, 0.1) is 11.0 Å². The lowest BCUT2D eigenvalue weighted by atomic mass is 10.1. The highest BCUT2D eigenvalue weighted by molar-refractivity contribution is 5.94. The molecule has 0 aliphatic carbocycles. The van der Waals surface area contributed by atoms with Crippen LogP contribution in [0.25, 0.3) is 17.1 Å². The first kappa shape index (κ1) is 16.4. The Kier molecular flexibility index (Phi) is 5.90. The van der Waals surface area contributed by atoms with Gasteiger partial charge in [-0.15, -0.1) is 0 Å². The zero-order valence-corrected chi connectivity index (χ0v) is 13.4. The number of ketones is 1. The van der Waals surface area contributed by atoms with Crippen LogP contribution in [-0.2, 0) is 17.8 Å². The summed E-state index contributed by atoms with van der Waals surface area (Å²) in [7, 11) is 0. The highest BCUT2D eigenvalue weighted by Gasteiger charge is 2.10. The van der Waals surface area contributed by atoms with Gasteiger partial charge < -0.3 is 9.67 Å². The lowest BCUT2D eigenvalue weighted by molar-refractivity contribution is -0.117. The number of aromatic nitrogens is 2. The summed E-state index contributed by atoms with van der Waals surface area (Å²) in [5, 5.41) is 8.75. The van der Waals surface area contributed by atoms with Crippen molar-refractivity contribution in [1.82, 2.24) is 9.55 Å². The van der Waals surface area contributed by atoms with Gasteiger partial charge in [0.1, 0.15) is 12.4 Å². The van der Waals surface area contributed by atoms with Gasteiger partial charge in [-0.05, 0) is 36.6 Å². The van der Waals surface area contributed by atoms with E-state index in [0.29, 0.717) is 0 Å². The van der Waals surface area contributed by atoms with Crippen molar-refractivity contribution >= 4 is 22.9 Å². The van der Waals surface area contributed by atoms with Gasteiger partial charge in [0.15, 0.2) is 5.78 Å². The van der Waals surface area contributed by atoms with Gasteiger partial charge in [0.2, 0.25) is 0 Å². The average molecular weight is 300 g/mol. The van der Waals surface area contributed by atoms with Crippen LogP contribution >= 0.6 is 0 Å². The molecule has 1 N–H and O–H groups in total. The topological polar surface area (TPSA) is 55.1 Å². The monoisotopic (exact) mass is 300 g/mol. The van der Waals surface area contributed by atoms with Gasteiger partial charge in [-0.1, -0.05) is 32.4 Å². The lowest BCUT2D eigenvalue weighted by Crippen LogP contribution is -2.03. The molecule has 4 nitrogen and oxygen atoms in total. The molecule has 4 heteroatoms. The van der Waals surface area contributed by atoms with Crippen LogP contribution in [0.15, 0.2) is 24.3 Å². The number of benzene rings is 1. The van der Waals surface area contributed by atoms with E-state index in [0.717, 1.165) is 54.6 Å². The third-order valence-corrected chi connectivity index (χ3v) is 3.67. The zero-order valence-electron chi connectivity index (χ0n) is 13.4. The Morgan fingerprint density at radius 3 is 2.82 bits per heavy atom. The minimum atomic E-state index is -0.453. The largest absolute Gasteiger partial charge is 0.388 e. The number of nitrogens with zero attached hydrogens (tertiary/aromatic N) is 2. The molecule has 1 aromatic carbocycles. The van der Waals surface area contributed by atoms with E-state index in [2.05, 4.69) is 24.5 Å². The Morgan fingerprint density at radius 1 is 1.32 bits per heavy atom. The number of aliphatic hydroxyl groups is 1. The highest BCUT2D eigenvalue weighted by atomic mass is 16.3. The van der Waals surface area contributed by atoms with Crippen molar-refractivity contribution in [1.29, 1.82) is 0 Å². The minimum Gasteiger partial charge on any atom is -0.388 e. The quantitative estimate of drug-likeness (QED) is 0.761. The zero-order chi connectivity index (χ0) is 15.9. The summed E-state index contributed by atoms with van der Waals surface area (Å²) in [5.41, 5.74) is 3.05. The molecule has 2 rings (SSSR count). The van der Waals surface area contributed by atoms with Crippen molar-refractivity contribution in [2.24, 2.45) is 0 Å². The maximum absolute atomic E-state index is 11.2. The second-order valence-electron chi connectivity index (χ2n) is 5.49. The number of imidazole rings is 1. The molecule has 0 aliphatic heterocycles. The average Bonchev–Trinajstić information content (AvgIpc) is 2.88. The van der Waals surface area contributed by atoms with Gasteiger partial charge in [-0.2, -0.15) is 0 Å². The van der Waals surface area contributed by atoms with E-state index >= 15 is 0 Å². The summed E-state index contributed by atoms with van der Waals surface area (Å²) in [4.78, 5) is 15.9. The molecular formula is C18H24N2O2. The molecular weight excluding hydrogens is 276 g/mol. The number of fused-ring (bicyclic) bond motifs is 1. The number of hydrogen-bond donors (Lipinski definition) is 1. The first-order chi connectivity index (χ1) is 10.7. The summed E-state index contributed by atoms with van der Waals surface area (Å²) < 4.78 is 2.30. The van der Waals surface area contributed by atoms with Crippen LogP contribution in [0.2, 0.25) is 0 Å². The Hall–Kier alpha value is -1.94. The van der Waals surface area contributed by atoms with Crippen LogP contribution in [-0.4, -0.2) is 27.0 Å². The number of unbranched alkanes of at least 4 members (excludes halogenated alkanes) is 1. The van der Waals surface area contributed by atoms with Crippen molar-refractivity contribution in [2.75, 3.05) is 6.61 Å². The number of carbonyl (C=O) groups is 1. The summed E-state index contributed by atoms with van der Waals surface area (Å²) in [5.74, 6) is 0.853. The predicted molar refractivity (Wildman–Crippen MR) is 89.8 cm³/mol. The number of aliphatic hydroxyl groups excluding tert-OH is 1. The highest BCUT2D eigenvalue weighted by Crippen LogP contribution is 2.20. The van der Waals surface area contributed by atoms with E-state index in [1.165, 1.54) is 6.08 Å². The van der Waals surface area contributed by atoms with Crippen LogP contribution in [0, 0.1) is 0 Å². The maximum Gasteiger partial charge on any atom is 0.181 e. The van der Waals surface area contributed by atoms with E-state index in [1.807, 2.05) is 12.1 Å². The SMILES string of the molecule is CCCCc1nc2cc(/C=C/C(=O)CO)ccc2n1CCC. The molecule has 118 valence electrons. The molecule has 22 heavy (non-hydrogen) atoms. The smallest absolute Gasteiger partial charge is 0.181 e. The molecule has 0 amide bonds. The second kappa shape index (κ2) is 7.90. The molecule has 0 bridgehead atoms. The molecule has 0 spiro atoms. The van der Waals surface area contributed by atoms with Crippen LogP contribution in [0.3, 0.4) is 0 Å². The van der Waals surface area contributed by atoms with Gasteiger partial charge in [-0.3, -0.25) is 4.79 Å². The Morgan fingerprint density at radius 2 is 2.14 bits per heavy atom. The third kappa shape index (κ3) is 3.83. The molecule has 0 saturated carbocycles. The van der Waals surface area contributed by atoms with Crippen molar-refractivity contribution in [3.63, 3.8) is 0 Å². The van der Waals surface area contributed by atoms with Crippen molar-refractivity contribution in [2.45, 2.75) is 46.1 Å². The summed E-state index contributed by atoms with van der Waals surface area (Å²) >= 11 is 0.